The van der Waals surface area contributed by atoms with E-state index < -0.39 is 28.0 Å². The predicted molar refractivity (Wildman–Crippen MR) is 144 cm³/mol. The van der Waals surface area contributed by atoms with E-state index in [1.165, 1.54) is 43.6 Å². The molecule has 0 fully saturated rings. The molecule has 0 bridgehead atoms. The highest BCUT2D eigenvalue weighted by atomic mass is 32.2. The summed E-state index contributed by atoms with van der Waals surface area (Å²) >= 11 is 0. The van der Waals surface area contributed by atoms with Crippen LogP contribution < -0.4 is 10.0 Å². The van der Waals surface area contributed by atoms with Gasteiger partial charge in [-0.05, 0) is 55.5 Å². The number of fused-ring (bicyclic) bond motifs is 1. The zero-order valence-electron chi connectivity index (χ0n) is 20.5. The molecule has 5 aromatic rings. The van der Waals surface area contributed by atoms with E-state index in [1.54, 1.807) is 30.3 Å². The number of amides is 1. The molecule has 12 heteroatoms. The highest BCUT2D eigenvalue weighted by Crippen LogP contribution is 2.25. The smallest absolute Gasteiger partial charge is 0.339 e. The SMILES string of the molecule is CC(OC(=O)c1ccccc1-c1nc2ccccc2[nH]1)C(=O)Nc1ccc(S(=O)(=O)Nc2ncccn2)cc1. The Hall–Kier alpha value is -5.10. The van der Waals surface area contributed by atoms with Crippen LogP contribution in [0.2, 0.25) is 0 Å². The van der Waals surface area contributed by atoms with Gasteiger partial charge in [-0.2, -0.15) is 0 Å². The maximum absolute atomic E-state index is 13.0. The van der Waals surface area contributed by atoms with Gasteiger partial charge in [-0.1, -0.05) is 30.3 Å². The first kappa shape index (κ1) is 25.5. The second kappa shape index (κ2) is 10.7. The molecule has 0 aliphatic rings. The molecule has 0 aliphatic heterocycles. The second-order valence-corrected chi connectivity index (χ2v) is 10.1. The van der Waals surface area contributed by atoms with Crippen LogP contribution in [-0.4, -0.2) is 46.3 Å². The Balaban J connectivity index is 1.24. The molecule has 3 N–H and O–H groups in total. The first-order chi connectivity index (χ1) is 18.8. The lowest BCUT2D eigenvalue weighted by Crippen LogP contribution is -2.30. The van der Waals surface area contributed by atoms with Gasteiger partial charge in [0.25, 0.3) is 15.9 Å². The summed E-state index contributed by atoms with van der Waals surface area (Å²) in [6.45, 7) is 1.44. The third-order valence-electron chi connectivity index (χ3n) is 5.67. The number of ether oxygens (including phenoxy) is 1. The summed E-state index contributed by atoms with van der Waals surface area (Å²) in [5.41, 5.74) is 2.69. The number of carbonyl (C=O) groups excluding carboxylic acids is 2. The van der Waals surface area contributed by atoms with Gasteiger partial charge in [-0.15, -0.1) is 0 Å². The average Bonchev–Trinajstić information content (AvgIpc) is 3.38. The topological polar surface area (TPSA) is 156 Å². The number of carbonyl (C=O) groups is 2. The van der Waals surface area contributed by atoms with Crippen molar-refractivity contribution >= 4 is 44.6 Å². The zero-order chi connectivity index (χ0) is 27.4. The number of aromatic nitrogens is 4. The van der Waals surface area contributed by atoms with Gasteiger partial charge < -0.3 is 15.0 Å². The van der Waals surface area contributed by atoms with Crippen molar-refractivity contribution in [3.8, 4) is 11.4 Å². The van der Waals surface area contributed by atoms with Crippen molar-refractivity contribution in [3.63, 3.8) is 0 Å². The molecule has 2 heterocycles. The van der Waals surface area contributed by atoms with E-state index in [2.05, 4.69) is 30.0 Å². The van der Waals surface area contributed by atoms with E-state index in [9.17, 15) is 18.0 Å². The van der Waals surface area contributed by atoms with Crippen LogP contribution in [0.3, 0.4) is 0 Å². The van der Waals surface area contributed by atoms with Crippen molar-refractivity contribution in [1.82, 2.24) is 19.9 Å². The number of aromatic amines is 1. The maximum Gasteiger partial charge on any atom is 0.339 e. The summed E-state index contributed by atoms with van der Waals surface area (Å²) in [6.07, 6.45) is 1.69. The molecule has 0 saturated carbocycles. The first-order valence-electron chi connectivity index (χ1n) is 11.8. The molecule has 0 aliphatic carbocycles. The molecule has 2 aromatic heterocycles. The number of esters is 1. The van der Waals surface area contributed by atoms with Gasteiger partial charge in [0.15, 0.2) is 6.10 Å². The fourth-order valence-electron chi connectivity index (χ4n) is 3.72. The van der Waals surface area contributed by atoms with Crippen LogP contribution in [-0.2, 0) is 19.6 Å². The van der Waals surface area contributed by atoms with Gasteiger partial charge in [-0.25, -0.2) is 32.9 Å². The van der Waals surface area contributed by atoms with Gasteiger partial charge in [0.05, 0.1) is 21.5 Å². The van der Waals surface area contributed by atoms with E-state index in [1.807, 2.05) is 24.3 Å². The molecule has 5 rings (SSSR count). The number of hydrogen-bond donors (Lipinski definition) is 3. The molecule has 1 atom stereocenters. The van der Waals surface area contributed by atoms with E-state index in [4.69, 9.17) is 4.74 Å². The second-order valence-electron chi connectivity index (χ2n) is 8.39. The number of nitrogens with zero attached hydrogens (tertiary/aromatic N) is 3. The van der Waals surface area contributed by atoms with Crippen molar-refractivity contribution in [2.24, 2.45) is 0 Å². The third kappa shape index (κ3) is 5.75. The Labute approximate surface area is 223 Å². The van der Waals surface area contributed by atoms with Crippen LogP contribution in [0.4, 0.5) is 11.6 Å². The minimum absolute atomic E-state index is 0.0466. The average molecular weight is 543 g/mol. The summed E-state index contributed by atoms with van der Waals surface area (Å²) in [5.74, 6) is -0.836. The molecule has 3 aromatic carbocycles. The van der Waals surface area contributed by atoms with Crippen LogP contribution >= 0.6 is 0 Å². The van der Waals surface area contributed by atoms with Gasteiger partial charge in [0.1, 0.15) is 5.82 Å². The summed E-state index contributed by atoms with van der Waals surface area (Å²) in [7, 11) is -3.92. The minimum atomic E-state index is -3.92. The van der Waals surface area contributed by atoms with Crippen molar-refractivity contribution in [2.45, 2.75) is 17.9 Å². The molecule has 11 nitrogen and oxygen atoms in total. The first-order valence-corrected chi connectivity index (χ1v) is 13.2. The van der Waals surface area contributed by atoms with Crippen molar-refractivity contribution in [2.75, 3.05) is 10.0 Å². The van der Waals surface area contributed by atoms with E-state index in [-0.39, 0.29) is 16.4 Å². The van der Waals surface area contributed by atoms with Crippen molar-refractivity contribution in [1.29, 1.82) is 0 Å². The number of rotatable bonds is 8. The molecule has 0 radical (unpaired) electrons. The molecule has 1 unspecified atom stereocenters. The van der Waals surface area contributed by atoms with Gasteiger partial charge in [0, 0.05) is 23.6 Å². The molecule has 0 spiro atoms. The Morgan fingerprint density at radius 3 is 2.33 bits per heavy atom. The third-order valence-corrected chi connectivity index (χ3v) is 7.01. The lowest BCUT2D eigenvalue weighted by Gasteiger charge is -2.15. The lowest BCUT2D eigenvalue weighted by molar-refractivity contribution is -0.123. The number of H-pyrrole nitrogens is 1. The Bertz CT molecular complexity index is 1720. The molecule has 0 saturated heterocycles. The minimum Gasteiger partial charge on any atom is -0.449 e. The number of sulfonamides is 1. The summed E-state index contributed by atoms with van der Waals surface area (Å²) in [5, 5.41) is 2.62. The molecular weight excluding hydrogens is 520 g/mol. The van der Waals surface area contributed by atoms with Crippen molar-refractivity contribution in [3.05, 3.63) is 96.8 Å². The van der Waals surface area contributed by atoms with Crippen LogP contribution in [0.5, 0.6) is 0 Å². The zero-order valence-corrected chi connectivity index (χ0v) is 21.3. The summed E-state index contributed by atoms with van der Waals surface area (Å²) in [4.78, 5) is 41.1. The summed E-state index contributed by atoms with van der Waals surface area (Å²) < 4.78 is 32.8. The molecule has 1 amide bonds. The fourth-order valence-corrected chi connectivity index (χ4v) is 4.68. The Kier molecular flexibility index (Phi) is 7.02. The predicted octanol–water partition coefficient (Wildman–Crippen LogP) is 4.00. The van der Waals surface area contributed by atoms with Crippen LogP contribution in [0, 0.1) is 0 Å². The molecule has 196 valence electrons. The van der Waals surface area contributed by atoms with Crippen LogP contribution in [0.15, 0.2) is 96.2 Å². The Morgan fingerprint density at radius 1 is 0.897 bits per heavy atom. The largest absolute Gasteiger partial charge is 0.449 e. The number of anilines is 2. The Morgan fingerprint density at radius 2 is 1.59 bits per heavy atom. The lowest BCUT2D eigenvalue weighted by atomic mass is 10.1. The number of imidazole rings is 1. The number of benzene rings is 3. The maximum atomic E-state index is 13.0. The normalized spacial score (nSPS) is 12.0. The molecule has 39 heavy (non-hydrogen) atoms. The number of nitrogens with one attached hydrogen (secondary N) is 3. The monoisotopic (exact) mass is 542 g/mol. The molecular formula is C27H22N6O5S. The van der Waals surface area contributed by atoms with E-state index in [0.29, 0.717) is 17.1 Å². The van der Waals surface area contributed by atoms with Crippen molar-refractivity contribution < 1.29 is 22.7 Å². The fraction of sp³-hybridized carbons (Fsp3) is 0.0741. The summed E-state index contributed by atoms with van der Waals surface area (Å²) in [6, 6.07) is 21.4. The van der Waals surface area contributed by atoms with Gasteiger partial charge in [-0.3, -0.25) is 4.79 Å². The quantitative estimate of drug-likeness (QED) is 0.248. The highest BCUT2D eigenvalue weighted by Gasteiger charge is 2.23. The number of para-hydroxylation sites is 2. The van der Waals surface area contributed by atoms with Crippen LogP contribution in [0.1, 0.15) is 17.3 Å². The van der Waals surface area contributed by atoms with Crippen LogP contribution in [0.25, 0.3) is 22.4 Å². The van der Waals surface area contributed by atoms with Gasteiger partial charge in [0.2, 0.25) is 5.95 Å². The number of hydrogen-bond acceptors (Lipinski definition) is 8. The standard InChI is InChI=1S/C27H22N6O5S/c1-17(25(34)30-18-11-13-19(14-12-18)39(36,37)33-27-28-15-6-16-29-27)38-26(35)21-8-3-2-7-20(21)24-31-22-9-4-5-10-23(22)32-24/h2-17H,1H3,(H,30,34)(H,31,32)(H,28,29,33). The highest BCUT2D eigenvalue weighted by molar-refractivity contribution is 7.92. The van der Waals surface area contributed by atoms with Gasteiger partial charge >= 0.3 is 5.97 Å². The van der Waals surface area contributed by atoms with E-state index in [0.717, 1.165) is 11.0 Å². The van der Waals surface area contributed by atoms with E-state index >= 15 is 0 Å².